The molecule has 1 rings (SSSR count). The minimum atomic E-state index is 0.956. The fourth-order valence-electron chi connectivity index (χ4n) is 1.34. The molecule has 0 aromatic carbocycles. The van der Waals surface area contributed by atoms with Crippen LogP contribution in [0, 0.1) is 6.08 Å². The third-order valence-electron chi connectivity index (χ3n) is 2.13. The molecule has 0 N–H and O–H groups in total. The molecule has 0 bridgehead atoms. The highest BCUT2D eigenvalue weighted by atomic mass is 13.9. The molecule has 0 saturated carbocycles. The Bertz CT molecular complexity index is 204. The smallest absolute Gasteiger partial charge is 0.00978 e. The van der Waals surface area contributed by atoms with Gasteiger partial charge >= 0.3 is 0 Å². The summed E-state index contributed by atoms with van der Waals surface area (Å²) in [6.07, 6.45) is 25.5. The molecule has 0 saturated heterocycles. The first kappa shape index (κ1) is 11.0. The summed E-state index contributed by atoms with van der Waals surface area (Å²) >= 11 is 0. The van der Waals surface area contributed by atoms with Gasteiger partial charge in [0.1, 0.15) is 0 Å². The van der Waals surface area contributed by atoms with Crippen LogP contribution in [0.1, 0.15) is 38.5 Å². The molecular formula is C14H19. The molecule has 0 fully saturated rings. The normalized spacial score (nSPS) is 19.4. The molecule has 1 aliphatic rings. The lowest BCUT2D eigenvalue weighted by atomic mass is 10.2. The summed E-state index contributed by atoms with van der Waals surface area (Å²) in [7, 11) is 0. The summed E-state index contributed by atoms with van der Waals surface area (Å²) in [5.41, 5.74) is 0. The maximum absolute atomic E-state index is 3.26. The van der Waals surface area contributed by atoms with Gasteiger partial charge in [0, 0.05) is 0 Å². The lowest BCUT2D eigenvalue weighted by Gasteiger charge is -1.90. The maximum Gasteiger partial charge on any atom is -0.00978 e. The molecule has 1 aliphatic carbocycles. The Balaban J connectivity index is 2.34. The molecule has 14 heavy (non-hydrogen) atoms. The third-order valence-corrected chi connectivity index (χ3v) is 2.13. The minimum Gasteiger partial charge on any atom is -0.0882 e. The summed E-state index contributed by atoms with van der Waals surface area (Å²) in [5, 5.41) is 0. The standard InChI is InChI=1S/C14H19/c1-2-4-6-8-10-12-14-13-11-9-7-5-3-1/h1-2,5,8,10-11,13H,3-4,6,9,12,14H2. The van der Waals surface area contributed by atoms with Crippen LogP contribution in [0.15, 0.2) is 42.5 Å². The Morgan fingerprint density at radius 3 is 1.93 bits per heavy atom. The van der Waals surface area contributed by atoms with E-state index in [0.717, 1.165) is 19.3 Å². The topological polar surface area (TPSA) is 0 Å². The van der Waals surface area contributed by atoms with Crippen LogP contribution in [-0.4, -0.2) is 0 Å². The van der Waals surface area contributed by atoms with Crippen molar-refractivity contribution in [1.29, 1.82) is 0 Å². The largest absolute Gasteiger partial charge is 0.0882 e. The van der Waals surface area contributed by atoms with E-state index in [1.807, 2.05) is 0 Å². The summed E-state index contributed by atoms with van der Waals surface area (Å²) in [6.45, 7) is 0. The molecule has 1 radical (unpaired) electrons. The summed E-state index contributed by atoms with van der Waals surface area (Å²) in [6, 6.07) is 0. The van der Waals surface area contributed by atoms with E-state index in [2.05, 4.69) is 48.6 Å². The number of allylic oxidation sites excluding steroid dienone is 8. The second-order valence-electron chi connectivity index (χ2n) is 3.42. The van der Waals surface area contributed by atoms with Crippen molar-refractivity contribution in [2.75, 3.05) is 0 Å². The van der Waals surface area contributed by atoms with E-state index in [-0.39, 0.29) is 0 Å². The minimum absolute atomic E-state index is 0.956. The average Bonchev–Trinajstić information content (AvgIpc) is 2.22. The van der Waals surface area contributed by atoms with Gasteiger partial charge in [-0.3, -0.25) is 0 Å². The Kier molecular flexibility index (Phi) is 6.74. The van der Waals surface area contributed by atoms with E-state index in [1.165, 1.54) is 19.3 Å². The zero-order valence-corrected chi connectivity index (χ0v) is 8.78. The fraction of sp³-hybridized carbons (Fsp3) is 0.429. The van der Waals surface area contributed by atoms with E-state index in [4.69, 9.17) is 0 Å². The predicted molar refractivity (Wildman–Crippen MR) is 62.9 cm³/mol. The van der Waals surface area contributed by atoms with Crippen molar-refractivity contribution in [2.24, 2.45) is 0 Å². The second-order valence-corrected chi connectivity index (χ2v) is 3.42. The summed E-state index contributed by atoms with van der Waals surface area (Å²) < 4.78 is 0. The van der Waals surface area contributed by atoms with Gasteiger partial charge in [-0.2, -0.15) is 0 Å². The molecule has 0 atom stereocenters. The van der Waals surface area contributed by atoms with Crippen LogP contribution in [0.25, 0.3) is 0 Å². The Labute approximate surface area is 87.7 Å². The van der Waals surface area contributed by atoms with Crippen molar-refractivity contribution < 1.29 is 0 Å². The van der Waals surface area contributed by atoms with Gasteiger partial charge in [-0.15, -0.1) is 0 Å². The van der Waals surface area contributed by atoms with E-state index < -0.39 is 0 Å². The molecule has 75 valence electrons. The lowest BCUT2D eigenvalue weighted by Crippen LogP contribution is -1.70. The van der Waals surface area contributed by atoms with Gasteiger partial charge < -0.3 is 0 Å². The Morgan fingerprint density at radius 1 is 0.643 bits per heavy atom. The SMILES string of the molecule is [C]1=CCC=CCCC=CCCC=CC1. The molecular weight excluding hydrogens is 168 g/mol. The van der Waals surface area contributed by atoms with Crippen molar-refractivity contribution in [3.05, 3.63) is 48.6 Å². The summed E-state index contributed by atoms with van der Waals surface area (Å²) in [5.74, 6) is 0. The zero-order valence-electron chi connectivity index (χ0n) is 8.78. The first-order valence-corrected chi connectivity index (χ1v) is 5.50. The van der Waals surface area contributed by atoms with Crippen LogP contribution < -0.4 is 0 Å². The molecule has 0 heterocycles. The van der Waals surface area contributed by atoms with Crippen molar-refractivity contribution in [2.45, 2.75) is 38.5 Å². The highest BCUT2D eigenvalue weighted by molar-refractivity contribution is 4.96. The fourth-order valence-corrected chi connectivity index (χ4v) is 1.34. The van der Waals surface area contributed by atoms with Crippen molar-refractivity contribution in [1.82, 2.24) is 0 Å². The van der Waals surface area contributed by atoms with Gasteiger partial charge in [-0.05, 0) is 44.6 Å². The molecule has 0 nitrogen and oxygen atoms in total. The molecule has 0 heteroatoms. The molecule has 0 aliphatic heterocycles. The van der Waals surface area contributed by atoms with Crippen LogP contribution in [0.3, 0.4) is 0 Å². The van der Waals surface area contributed by atoms with Gasteiger partial charge in [0.15, 0.2) is 0 Å². The number of rotatable bonds is 0. The van der Waals surface area contributed by atoms with Crippen LogP contribution in [-0.2, 0) is 0 Å². The number of hydrogen-bond acceptors (Lipinski definition) is 0. The number of hydrogen-bond donors (Lipinski definition) is 0. The van der Waals surface area contributed by atoms with Crippen LogP contribution in [0.5, 0.6) is 0 Å². The molecule has 0 amide bonds. The maximum atomic E-state index is 3.26. The Morgan fingerprint density at radius 2 is 1.21 bits per heavy atom. The van der Waals surface area contributed by atoms with E-state index >= 15 is 0 Å². The molecule has 0 spiro atoms. The molecule has 0 aromatic rings. The van der Waals surface area contributed by atoms with Crippen molar-refractivity contribution in [3.63, 3.8) is 0 Å². The van der Waals surface area contributed by atoms with Gasteiger partial charge in [0.2, 0.25) is 0 Å². The Hall–Kier alpha value is -1.04. The first-order chi connectivity index (χ1) is 7.00. The molecule has 0 aromatic heterocycles. The van der Waals surface area contributed by atoms with Gasteiger partial charge in [-0.25, -0.2) is 0 Å². The van der Waals surface area contributed by atoms with Crippen molar-refractivity contribution >= 4 is 0 Å². The van der Waals surface area contributed by atoms with Crippen LogP contribution in [0.2, 0.25) is 0 Å². The second kappa shape index (κ2) is 8.55. The van der Waals surface area contributed by atoms with Crippen LogP contribution in [0.4, 0.5) is 0 Å². The quantitative estimate of drug-likeness (QED) is 0.494. The highest BCUT2D eigenvalue weighted by Gasteiger charge is 1.80. The average molecular weight is 187 g/mol. The van der Waals surface area contributed by atoms with Crippen molar-refractivity contribution in [3.8, 4) is 0 Å². The zero-order chi connectivity index (χ0) is 9.90. The predicted octanol–water partition coefficient (Wildman–Crippen LogP) is 4.37. The van der Waals surface area contributed by atoms with Gasteiger partial charge in [0.25, 0.3) is 0 Å². The third kappa shape index (κ3) is 6.47. The van der Waals surface area contributed by atoms with Gasteiger partial charge in [0.05, 0.1) is 0 Å². The highest BCUT2D eigenvalue weighted by Crippen LogP contribution is 2.00. The van der Waals surface area contributed by atoms with E-state index in [9.17, 15) is 0 Å². The molecule has 0 unspecified atom stereocenters. The van der Waals surface area contributed by atoms with E-state index in [1.54, 1.807) is 0 Å². The van der Waals surface area contributed by atoms with Gasteiger partial charge in [-0.1, -0.05) is 42.5 Å². The monoisotopic (exact) mass is 187 g/mol. The van der Waals surface area contributed by atoms with Crippen LogP contribution >= 0.6 is 0 Å². The first-order valence-electron chi connectivity index (χ1n) is 5.50. The lowest BCUT2D eigenvalue weighted by molar-refractivity contribution is 0.996. The van der Waals surface area contributed by atoms with E-state index in [0.29, 0.717) is 0 Å². The summed E-state index contributed by atoms with van der Waals surface area (Å²) in [4.78, 5) is 0.